The van der Waals surface area contributed by atoms with Crippen LogP contribution in [0.1, 0.15) is 36.7 Å². The third kappa shape index (κ3) is 4.29. The minimum absolute atomic E-state index is 0.303. The van der Waals surface area contributed by atoms with E-state index in [9.17, 15) is 4.79 Å². The number of methoxy groups -OCH3 is 1. The van der Waals surface area contributed by atoms with E-state index >= 15 is 0 Å². The zero-order chi connectivity index (χ0) is 23.3. The normalized spacial score (nSPS) is 19.7. The van der Waals surface area contributed by atoms with Gasteiger partial charge in [0.2, 0.25) is 0 Å². The van der Waals surface area contributed by atoms with Crippen molar-refractivity contribution in [3.63, 3.8) is 0 Å². The lowest BCUT2D eigenvalue weighted by atomic mass is 9.95. The molecule has 0 saturated carbocycles. The van der Waals surface area contributed by atoms with Crippen LogP contribution in [0.4, 0.5) is 0 Å². The smallest absolute Gasteiger partial charge is 0.282 e. The Kier molecular flexibility index (Phi) is 6.88. The number of thioether (sulfide) groups is 1. The van der Waals surface area contributed by atoms with Crippen LogP contribution in [0.25, 0.3) is 0 Å². The van der Waals surface area contributed by atoms with Crippen LogP contribution >= 0.6 is 11.8 Å². The summed E-state index contributed by atoms with van der Waals surface area (Å²) in [5.41, 5.74) is 6.78. The van der Waals surface area contributed by atoms with Crippen LogP contribution in [0, 0.1) is 0 Å². The van der Waals surface area contributed by atoms with Crippen LogP contribution in [0.3, 0.4) is 0 Å². The molecule has 3 heterocycles. The van der Waals surface area contributed by atoms with Crippen LogP contribution in [0.15, 0.2) is 84.2 Å². The van der Waals surface area contributed by atoms with Crippen molar-refractivity contribution in [2.45, 2.75) is 30.2 Å². The Hall–Kier alpha value is -3.07. The first-order chi connectivity index (χ1) is 16.0. The zero-order valence-corrected chi connectivity index (χ0v) is 19.5. The maximum atomic E-state index is 14.2. The molecular formula is C25H27N5O2S. The molecule has 0 fully saturated rings. The fourth-order valence-electron chi connectivity index (χ4n) is 3.87. The first kappa shape index (κ1) is 23.1. The number of hydrazone groups is 1. The van der Waals surface area contributed by atoms with Crippen LogP contribution < -0.4 is 5.73 Å². The number of ether oxygens (including phenoxy) is 1. The Bertz CT molecular complexity index is 1110. The molecule has 1 aliphatic rings. The van der Waals surface area contributed by atoms with E-state index in [-0.39, 0.29) is 5.91 Å². The summed E-state index contributed by atoms with van der Waals surface area (Å²) < 4.78 is 5.80. The Morgan fingerprint density at radius 2 is 1.76 bits per heavy atom. The summed E-state index contributed by atoms with van der Waals surface area (Å²) in [5, 5.41) is 7.06. The van der Waals surface area contributed by atoms with E-state index in [0.717, 1.165) is 5.56 Å². The molecule has 0 spiro atoms. The average Bonchev–Trinajstić information content (AvgIpc) is 3.29. The van der Waals surface area contributed by atoms with Gasteiger partial charge in [0.25, 0.3) is 5.91 Å². The number of hydrogen-bond acceptors (Lipinski definition) is 7. The maximum absolute atomic E-state index is 14.2. The van der Waals surface area contributed by atoms with Gasteiger partial charge in [-0.15, -0.1) is 0 Å². The molecule has 1 unspecified atom stereocenters. The van der Waals surface area contributed by atoms with Crippen LogP contribution in [-0.2, 0) is 20.0 Å². The van der Waals surface area contributed by atoms with Gasteiger partial charge in [0, 0.05) is 19.5 Å². The molecule has 0 saturated heterocycles. The van der Waals surface area contributed by atoms with Gasteiger partial charge in [-0.05, 0) is 56.1 Å². The largest absolute Gasteiger partial charge is 0.362 e. The summed E-state index contributed by atoms with van der Waals surface area (Å²) in [4.78, 5) is 22.3. The van der Waals surface area contributed by atoms with Gasteiger partial charge in [-0.1, -0.05) is 54.2 Å². The molecule has 2 atom stereocenters. The molecule has 33 heavy (non-hydrogen) atoms. The Labute approximate surface area is 198 Å². The zero-order valence-electron chi connectivity index (χ0n) is 18.7. The Morgan fingerprint density at radius 3 is 2.36 bits per heavy atom. The molecule has 8 heteroatoms. The number of benzene rings is 1. The van der Waals surface area contributed by atoms with Gasteiger partial charge in [-0.25, -0.2) is 5.01 Å². The van der Waals surface area contributed by atoms with Crippen molar-refractivity contribution in [2.75, 3.05) is 13.7 Å². The summed E-state index contributed by atoms with van der Waals surface area (Å²) in [6.07, 6.45) is 4.70. The molecule has 1 aromatic carbocycles. The van der Waals surface area contributed by atoms with Gasteiger partial charge < -0.3 is 10.5 Å². The van der Waals surface area contributed by atoms with Gasteiger partial charge in [-0.2, -0.15) is 5.10 Å². The number of rotatable bonds is 8. The van der Waals surface area contributed by atoms with Gasteiger partial charge in [0.05, 0.1) is 11.4 Å². The number of carbonyl (C=O) groups is 1. The first-order valence-corrected chi connectivity index (χ1v) is 11.6. The van der Waals surface area contributed by atoms with E-state index in [1.54, 1.807) is 30.4 Å². The molecule has 0 bridgehead atoms. The van der Waals surface area contributed by atoms with Crippen molar-refractivity contribution in [3.05, 3.63) is 96.1 Å². The van der Waals surface area contributed by atoms with E-state index < -0.39 is 10.5 Å². The average molecular weight is 462 g/mol. The van der Waals surface area contributed by atoms with Crippen molar-refractivity contribution in [3.8, 4) is 0 Å². The van der Waals surface area contributed by atoms with Crippen molar-refractivity contribution in [2.24, 2.45) is 10.8 Å². The van der Waals surface area contributed by atoms with E-state index in [4.69, 9.17) is 15.6 Å². The number of carbonyl (C=O) groups excluding carboxylic acids is 1. The SMILES string of the molecule is CO[C@](C)(C(=O)N1N=C(c2ccccn2)SC1(CCCN)c1ccccc1)c1ccccn1. The third-order valence-corrected chi connectivity index (χ3v) is 7.22. The predicted octanol–water partition coefficient (Wildman–Crippen LogP) is 3.87. The molecule has 0 radical (unpaired) electrons. The highest BCUT2D eigenvalue weighted by Gasteiger charge is 2.53. The number of nitrogens with zero attached hydrogens (tertiary/aromatic N) is 4. The maximum Gasteiger partial charge on any atom is 0.282 e. The fourth-order valence-corrected chi connectivity index (χ4v) is 5.25. The van der Waals surface area contributed by atoms with E-state index in [2.05, 4.69) is 9.97 Å². The number of pyridine rings is 2. The van der Waals surface area contributed by atoms with Crippen LogP contribution in [0.2, 0.25) is 0 Å². The number of nitrogens with two attached hydrogens (primary N) is 1. The minimum Gasteiger partial charge on any atom is -0.362 e. The standard InChI is InChI=1S/C25H27N5O2S/c1-24(32-2,21-14-7-9-18-28-21)23(31)30-25(15-10-16-26,19-11-4-3-5-12-19)33-22(29-30)20-13-6-8-17-27-20/h3-9,11-14,17-18H,10,15-16,26H2,1-2H3/t24-,25?/m0/s1. The van der Waals surface area contributed by atoms with E-state index in [1.165, 1.54) is 18.9 Å². The van der Waals surface area contributed by atoms with Gasteiger partial charge in [-0.3, -0.25) is 14.8 Å². The molecule has 2 aromatic heterocycles. The molecule has 2 N–H and O–H groups in total. The molecule has 1 aliphatic heterocycles. The molecule has 7 nitrogen and oxygen atoms in total. The van der Waals surface area contributed by atoms with Crippen LogP contribution in [-0.4, -0.2) is 39.6 Å². The lowest BCUT2D eigenvalue weighted by Gasteiger charge is -2.39. The lowest BCUT2D eigenvalue weighted by Crippen LogP contribution is -2.51. The molecule has 3 aromatic rings. The number of amides is 1. The van der Waals surface area contributed by atoms with E-state index in [0.29, 0.717) is 35.8 Å². The highest BCUT2D eigenvalue weighted by atomic mass is 32.2. The van der Waals surface area contributed by atoms with Crippen molar-refractivity contribution in [1.29, 1.82) is 0 Å². The quantitative estimate of drug-likeness (QED) is 0.547. The summed E-state index contributed by atoms with van der Waals surface area (Å²) in [5.74, 6) is -0.303. The van der Waals surface area contributed by atoms with Crippen LogP contribution in [0.5, 0.6) is 0 Å². The summed E-state index contributed by atoms with van der Waals surface area (Å²) in [7, 11) is 1.52. The van der Waals surface area contributed by atoms with Crippen molar-refractivity contribution < 1.29 is 9.53 Å². The summed E-state index contributed by atoms with van der Waals surface area (Å²) in [6, 6.07) is 21.0. The topological polar surface area (TPSA) is 93.7 Å². The van der Waals surface area contributed by atoms with Crippen molar-refractivity contribution >= 4 is 22.7 Å². The predicted molar refractivity (Wildman–Crippen MR) is 130 cm³/mol. The monoisotopic (exact) mass is 461 g/mol. The second-order valence-corrected chi connectivity index (χ2v) is 9.10. The second-order valence-electron chi connectivity index (χ2n) is 7.83. The highest BCUT2D eigenvalue weighted by Crippen LogP contribution is 2.51. The first-order valence-electron chi connectivity index (χ1n) is 10.8. The molecule has 170 valence electrons. The molecule has 1 amide bonds. The molecule has 4 rings (SSSR count). The number of hydrogen-bond donors (Lipinski definition) is 1. The van der Waals surface area contributed by atoms with Crippen molar-refractivity contribution in [1.82, 2.24) is 15.0 Å². The third-order valence-electron chi connectivity index (χ3n) is 5.79. The Morgan fingerprint density at radius 1 is 1.06 bits per heavy atom. The van der Waals surface area contributed by atoms with Gasteiger partial charge >= 0.3 is 0 Å². The summed E-state index contributed by atoms with van der Waals surface area (Å²) in [6.45, 7) is 2.23. The molecular weight excluding hydrogens is 434 g/mol. The summed E-state index contributed by atoms with van der Waals surface area (Å²) >= 11 is 1.52. The van der Waals surface area contributed by atoms with Gasteiger partial charge in [0.1, 0.15) is 9.91 Å². The molecule has 0 aliphatic carbocycles. The Balaban J connectivity index is 1.87. The number of aromatic nitrogens is 2. The fraction of sp³-hybridized carbons (Fsp3) is 0.280. The van der Waals surface area contributed by atoms with E-state index in [1.807, 2.05) is 60.7 Å². The highest BCUT2D eigenvalue weighted by molar-refractivity contribution is 8.15. The second kappa shape index (κ2) is 9.82. The minimum atomic E-state index is -1.33. The van der Waals surface area contributed by atoms with Gasteiger partial charge in [0.15, 0.2) is 5.60 Å². The lowest BCUT2D eigenvalue weighted by molar-refractivity contribution is -0.158.